The molecule has 1 N–H and O–H groups in total. The molecule has 0 radical (unpaired) electrons. The Hall–Kier alpha value is -2.02. The molecule has 18 heavy (non-hydrogen) atoms. The third kappa shape index (κ3) is 2.62. The highest BCUT2D eigenvalue weighted by molar-refractivity contribution is 5.41. The van der Waals surface area contributed by atoms with Crippen LogP contribution in [0.5, 0.6) is 5.88 Å². The van der Waals surface area contributed by atoms with E-state index >= 15 is 0 Å². The minimum atomic E-state index is -0.368. The molecule has 0 amide bonds. The number of hydrogen-bond acceptors (Lipinski definition) is 3. The van der Waals surface area contributed by atoms with Crippen molar-refractivity contribution in [1.29, 1.82) is 5.26 Å². The molecule has 4 nitrogen and oxygen atoms in total. The quantitative estimate of drug-likeness (QED) is 0.782. The monoisotopic (exact) mass is 246 g/mol. The van der Waals surface area contributed by atoms with Crippen LogP contribution in [-0.4, -0.2) is 9.67 Å². The first-order valence-electron chi connectivity index (χ1n) is 6.08. The van der Waals surface area contributed by atoms with E-state index in [1.165, 1.54) is 4.57 Å². The largest absolute Gasteiger partial charge is 0.493 e. The average Bonchev–Trinajstić information content (AvgIpc) is 2.36. The minimum absolute atomic E-state index is 0.0371. The van der Waals surface area contributed by atoms with Crippen LogP contribution in [0.3, 0.4) is 0 Å². The highest BCUT2D eigenvalue weighted by Gasteiger charge is 2.11. The van der Waals surface area contributed by atoms with Gasteiger partial charge in [-0.3, -0.25) is 9.36 Å². The number of nitrogens with zero attached hydrogens (tertiary/aromatic N) is 2. The van der Waals surface area contributed by atoms with E-state index in [2.05, 4.69) is 20.1 Å². The highest BCUT2D eigenvalue weighted by Crippen LogP contribution is 2.10. The van der Waals surface area contributed by atoms with Gasteiger partial charge in [-0.2, -0.15) is 5.26 Å². The summed E-state index contributed by atoms with van der Waals surface area (Å²) < 4.78 is 1.21. The Morgan fingerprint density at radius 2 is 1.94 bits per heavy atom. The molecule has 0 saturated heterocycles. The van der Waals surface area contributed by atoms with E-state index in [4.69, 9.17) is 5.26 Å². The maximum absolute atomic E-state index is 11.9. The Balaban J connectivity index is 3.17. The minimum Gasteiger partial charge on any atom is -0.493 e. The van der Waals surface area contributed by atoms with Crippen molar-refractivity contribution in [3.05, 3.63) is 26.4 Å². The van der Waals surface area contributed by atoms with Crippen LogP contribution in [0.25, 0.3) is 13.2 Å². The van der Waals surface area contributed by atoms with Gasteiger partial charge in [-0.25, -0.2) is 0 Å². The molecule has 0 spiro atoms. The van der Waals surface area contributed by atoms with Crippen molar-refractivity contribution in [1.82, 2.24) is 4.57 Å². The van der Waals surface area contributed by atoms with Crippen LogP contribution in [0.15, 0.2) is 4.79 Å². The molecule has 1 aromatic rings. The van der Waals surface area contributed by atoms with Crippen LogP contribution in [0, 0.1) is 11.3 Å². The van der Waals surface area contributed by atoms with Crippen molar-refractivity contribution in [3.8, 4) is 11.9 Å². The highest BCUT2D eigenvalue weighted by atomic mass is 16.3. The Bertz CT molecular complexity index is 623. The summed E-state index contributed by atoms with van der Waals surface area (Å²) in [5, 5.41) is 19.3. The van der Waals surface area contributed by atoms with Crippen LogP contribution in [-0.2, 0) is 6.54 Å². The zero-order chi connectivity index (χ0) is 13.7. The molecule has 0 aliphatic heterocycles. The number of aromatic nitrogens is 1. The van der Waals surface area contributed by atoms with Crippen LogP contribution >= 0.6 is 0 Å². The Kier molecular flexibility index (Phi) is 4.73. The summed E-state index contributed by atoms with van der Waals surface area (Å²) in [5.74, 6) is -0.295. The maximum Gasteiger partial charge on any atom is 0.260 e. The number of hydrogen-bond donors (Lipinski definition) is 1. The van der Waals surface area contributed by atoms with Gasteiger partial charge in [0, 0.05) is 17.0 Å². The van der Waals surface area contributed by atoms with Gasteiger partial charge in [0.1, 0.15) is 11.6 Å². The van der Waals surface area contributed by atoms with Crippen molar-refractivity contribution >= 4 is 13.2 Å². The molecule has 0 aromatic carbocycles. The third-order valence-corrected chi connectivity index (χ3v) is 3.00. The molecular weight excluding hydrogens is 228 g/mol. The second-order valence-corrected chi connectivity index (χ2v) is 4.28. The second kappa shape index (κ2) is 6.06. The molecule has 96 valence electrons. The van der Waals surface area contributed by atoms with Crippen molar-refractivity contribution < 1.29 is 5.11 Å². The summed E-state index contributed by atoms with van der Waals surface area (Å²) >= 11 is 0. The molecule has 4 heteroatoms. The first kappa shape index (κ1) is 14.0. The molecule has 0 fully saturated rings. The maximum atomic E-state index is 11.9. The Morgan fingerprint density at radius 1 is 1.28 bits per heavy atom. The van der Waals surface area contributed by atoms with Crippen molar-refractivity contribution in [2.24, 2.45) is 0 Å². The summed E-state index contributed by atoms with van der Waals surface area (Å²) in [5.41, 5.74) is -0.330. The van der Waals surface area contributed by atoms with E-state index in [-0.39, 0.29) is 27.4 Å². The van der Waals surface area contributed by atoms with Crippen LogP contribution < -0.4 is 16.0 Å². The SMILES string of the molecule is C=c1c(C#N)c(O)n(CCCCCC)c(=O)c1=C. The number of rotatable bonds is 5. The Labute approximate surface area is 106 Å². The van der Waals surface area contributed by atoms with E-state index in [0.717, 1.165) is 25.7 Å². The van der Waals surface area contributed by atoms with Gasteiger partial charge in [0.2, 0.25) is 5.88 Å². The number of pyridine rings is 1. The van der Waals surface area contributed by atoms with Gasteiger partial charge in [0.25, 0.3) is 5.56 Å². The van der Waals surface area contributed by atoms with Gasteiger partial charge >= 0.3 is 0 Å². The van der Waals surface area contributed by atoms with Crippen molar-refractivity contribution in [2.45, 2.75) is 39.2 Å². The van der Waals surface area contributed by atoms with E-state index in [1.807, 2.05) is 6.07 Å². The van der Waals surface area contributed by atoms with E-state index in [9.17, 15) is 9.90 Å². The molecule has 0 atom stereocenters. The lowest BCUT2D eigenvalue weighted by molar-refractivity contribution is 0.396. The van der Waals surface area contributed by atoms with Crippen LogP contribution in [0.4, 0.5) is 0 Å². The average molecular weight is 246 g/mol. The molecule has 0 saturated carbocycles. The van der Waals surface area contributed by atoms with Gasteiger partial charge in [-0.15, -0.1) is 0 Å². The summed E-state index contributed by atoms with van der Waals surface area (Å²) in [4.78, 5) is 11.9. The topological polar surface area (TPSA) is 66.0 Å². The van der Waals surface area contributed by atoms with Crippen molar-refractivity contribution in [3.63, 3.8) is 0 Å². The molecule has 0 bridgehead atoms. The van der Waals surface area contributed by atoms with Gasteiger partial charge < -0.3 is 5.11 Å². The summed E-state index contributed by atoms with van der Waals surface area (Å²) in [6.07, 6.45) is 3.97. The summed E-state index contributed by atoms with van der Waals surface area (Å²) in [6, 6.07) is 1.86. The zero-order valence-electron chi connectivity index (χ0n) is 10.7. The zero-order valence-corrected chi connectivity index (χ0v) is 10.7. The molecule has 1 rings (SSSR count). The normalized spacial score (nSPS) is 10.2. The second-order valence-electron chi connectivity index (χ2n) is 4.28. The number of aromatic hydroxyl groups is 1. The van der Waals surface area contributed by atoms with E-state index < -0.39 is 0 Å². The predicted octanol–water partition coefficient (Wildman–Crippen LogP) is 0.826. The van der Waals surface area contributed by atoms with Crippen LogP contribution in [0.1, 0.15) is 38.2 Å². The molecular formula is C14H18N2O2. The lowest BCUT2D eigenvalue weighted by Gasteiger charge is -2.09. The first-order chi connectivity index (χ1) is 8.54. The lowest BCUT2D eigenvalue weighted by atomic mass is 10.2. The summed E-state index contributed by atoms with van der Waals surface area (Å²) in [7, 11) is 0. The lowest BCUT2D eigenvalue weighted by Crippen LogP contribution is -2.44. The molecule has 1 aromatic heterocycles. The Morgan fingerprint density at radius 3 is 2.50 bits per heavy atom. The molecule has 0 aliphatic carbocycles. The van der Waals surface area contributed by atoms with E-state index in [1.54, 1.807) is 0 Å². The molecule has 1 heterocycles. The van der Waals surface area contributed by atoms with E-state index in [0.29, 0.717) is 6.54 Å². The number of nitriles is 1. The van der Waals surface area contributed by atoms with Gasteiger partial charge in [0.15, 0.2) is 0 Å². The van der Waals surface area contributed by atoms with Crippen molar-refractivity contribution in [2.75, 3.05) is 0 Å². The fraction of sp³-hybridized carbons (Fsp3) is 0.429. The smallest absolute Gasteiger partial charge is 0.260 e. The van der Waals surface area contributed by atoms with Gasteiger partial charge in [-0.05, 0) is 6.42 Å². The first-order valence-corrected chi connectivity index (χ1v) is 6.08. The third-order valence-electron chi connectivity index (χ3n) is 3.00. The fourth-order valence-electron chi connectivity index (χ4n) is 1.83. The predicted molar refractivity (Wildman–Crippen MR) is 71.5 cm³/mol. The molecule has 0 unspecified atom stereocenters. The van der Waals surface area contributed by atoms with Gasteiger partial charge in [0.05, 0.1) is 0 Å². The number of unbranched alkanes of at least 4 members (excludes halogenated alkanes) is 3. The van der Waals surface area contributed by atoms with Gasteiger partial charge in [-0.1, -0.05) is 39.3 Å². The van der Waals surface area contributed by atoms with Crippen LogP contribution in [0.2, 0.25) is 0 Å². The summed E-state index contributed by atoms with van der Waals surface area (Å²) in [6.45, 7) is 9.73. The standard InChI is InChI=1S/C14H18N2O2/c1-4-5-6-7-8-16-13(17)11(3)10(2)12(9-15)14(16)18/h18H,2-8H2,1H3. The fourth-order valence-corrected chi connectivity index (χ4v) is 1.83. The molecule has 0 aliphatic rings.